The van der Waals surface area contributed by atoms with Gasteiger partial charge in [-0.3, -0.25) is 4.72 Å². The predicted octanol–water partition coefficient (Wildman–Crippen LogP) is 3.15. The fraction of sp³-hybridized carbons (Fsp3) is 0.200. The molecule has 5 heteroatoms. The molecule has 0 aliphatic rings. The highest BCUT2D eigenvalue weighted by Crippen LogP contribution is 2.20. The normalized spacial score (nSPS) is 11.2. The van der Waals surface area contributed by atoms with Gasteiger partial charge in [0.25, 0.3) is 10.0 Å². The van der Waals surface area contributed by atoms with E-state index < -0.39 is 10.0 Å². The van der Waals surface area contributed by atoms with Gasteiger partial charge in [-0.05, 0) is 61.4 Å². The highest BCUT2D eigenvalue weighted by Gasteiger charge is 2.14. The molecule has 20 heavy (non-hydrogen) atoms. The average Bonchev–Trinajstić information content (AvgIpc) is 2.37. The molecule has 0 unspecified atom stereocenters. The maximum atomic E-state index is 12.3. The van der Waals surface area contributed by atoms with Crippen LogP contribution in [0.4, 0.5) is 11.4 Å². The lowest BCUT2D eigenvalue weighted by molar-refractivity contribution is 0.601. The van der Waals surface area contributed by atoms with Gasteiger partial charge in [-0.15, -0.1) is 0 Å². The third-order valence-corrected chi connectivity index (χ3v) is 4.32. The maximum Gasteiger partial charge on any atom is 0.261 e. The van der Waals surface area contributed by atoms with E-state index in [1.54, 1.807) is 31.3 Å². The number of hydrogen-bond donors (Lipinski definition) is 2. The molecule has 0 spiro atoms. The molecule has 0 heterocycles. The first-order chi connectivity index (χ1) is 9.40. The number of hydrogen-bond acceptors (Lipinski definition) is 3. The van der Waals surface area contributed by atoms with Gasteiger partial charge in [0.2, 0.25) is 0 Å². The van der Waals surface area contributed by atoms with E-state index in [0.717, 1.165) is 16.8 Å². The molecule has 0 aliphatic heterocycles. The summed E-state index contributed by atoms with van der Waals surface area (Å²) < 4.78 is 27.2. The summed E-state index contributed by atoms with van der Waals surface area (Å²) in [4.78, 5) is 0.246. The lowest BCUT2D eigenvalue weighted by Crippen LogP contribution is -2.13. The van der Waals surface area contributed by atoms with E-state index in [0.29, 0.717) is 5.69 Å². The number of anilines is 2. The molecule has 0 aliphatic carbocycles. The molecule has 2 rings (SSSR count). The van der Waals surface area contributed by atoms with Crippen molar-refractivity contribution in [3.63, 3.8) is 0 Å². The number of sulfonamides is 1. The summed E-state index contributed by atoms with van der Waals surface area (Å²) in [6, 6.07) is 12.2. The van der Waals surface area contributed by atoms with E-state index in [4.69, 9.17) is 0 Å². The molecular formula is C15H18N2O2S. The molecule has 0 atom stereocenters. The number of nitrogens with one attached hydrogen (secondary N) is 2. The Labute approximate surface area is 119 Å². The summed E-state index contributed by atoms with van der Waals surface area (Å²) in [5.41, 5.74) is 3.50. The van der Waals surface area contributed by atoms with Crippen LogP contribution in [-0.2, 0) is 10.0 Å². The molecule has 0 saturated carbocycles. The first-order valence-corrected chi connectivity index (χ1v) is 7.78. The lowest BCUT2D eigenvalue weighted by Gasteiger charge is -2.10. The molecule has 2 aromatic carbocycles. The fourth-order valence-corrected chi connectivity index (χ4v) is 3.09. The van der Waals surface area contributed by atoms with Crippen LogP contribution >= 0.6 is 0 Å². The van der Waals surface area contributed by atoms with Crippen LogP contribution in [0.5, 0.6) is 0 Å². The zero-order valence-corrected chi connectivity index (χ0v) is 12.6. The van der Waals surface area contributed by atoms with E-state index in [9.17, 15) is 8.42 Å². The summed E-state index contributed by atoms with van der Waals surface area (Å²) in [6.07, 6.45) is 0. The van der Waals surface area contributed by atoms with Crippen molar-refractivity contribution in [2.24, 2.45) is 0 Å². The topological polar surface area (TPSA) is 58.2 Å². The van der Waals surface area contributed by atoms with Crippen molar-refractivity contribution in [3.8, 4) is 0 Å². The minimum Gasteiger partial charge on any atom is -0.388 e. The maximum absolute atomic E-state index is 12.3. The van der Waals surface area contributed by atoms with Crippen LogP contribution in [0.3, 0.4) is 0 Å². The summed E-state index contributed by atoms with van der Waals surface area (Å²) in [7, 11) is -1.76. The molecular weight excluding hydrogens is 272 g/mol. The second kappa shape index (κ2) is 5.54. The van der Waals surface area contributed by atoms with Crippen LogP contribution in [0.2, 0.25) is 0 Å². The smallest absolute Gasteiger partial charge is 0.261 e. The molecule has 0 saturated heterocycles. The van der Waals surface area contributed by atoms with Crippen LogP contribution < -0.4 is 10.0 Å². The largest absolute Gasteiger partial charge is 0.388 e. The SMILES string of the molecule is CNc1ccc(S(=O)(=O)Nc2cc(C)cc(C)c2)cc1. The molecule has 0 aromatic heterocycles. The van der Waals surface area contributed by atoms with Crippen molar-refractivity contribution in [1.82, 2.24) is 0 Å². The van der Waals surface area contributed by atoms with Crippen LogP contribution in [0.15, 0.2) is 47.4 Å². The van der Waals surface area contributed by atoms with Gasteiger partial charge in [-0.2, -0.15) is 0 Å². The Morgan fingerprint density at radius 1 is 0.850 bits per heavy atom. The van der Waals surface area contributed by atoms with Crippen molar-refractivity contribution in [1.29, 1.82) is 0 Å². The third kappa shape index (κ3) is 3.30. The Morgan fingerprint density at radius 2 is 1.40 bits per heavy atom. The zero-order valence-electron chi connectivity index (χ0n) is 11.8. The quantitative estimate of drug-likeness (QED) is 0.909. The van der Waals surface area contributed by atoms with Gasteiger partial charge in [0, 0.05) is 18.4 Å². The van der Waals surface area contributed by atoms with Gasteiger partial charge in [-0.1, -0.05) is 6.07 Å². The van der Waals surface area contributed by atoms with Gasteiger partial charge >= 0.3 is 0 Å². The Kier molecular flexibility index (Phi) is 3.99. The highest BCUT2D eigenvalue weighted by atomic mass is 32.2. The van der Waals surface area contributed by atoms with Crippen LogP contribution in [0.1, 0.15) is 11.1 Å². The Balaban J connectivity index is 2.30. The minimum atomic E-state index is -3.55. The second-order valence-corrected chi connectivity index (χ2v) is 6.44. The van der Waals surface area contributed by atoms with E-state index in [2.05, 4.69) is 10.0 Å². The molecule has 106 valence electrons. The lowest BCUT2D eigenvalue weighted by atomic mass is 10.1. The summed E-state index contributed by atoms with van der Waals surface area (Å²) in [5.74, 6) is 0. The number of benzene rings is 2. The number of rotatable bonds is 4. The second-order valence-electron chi connectivity index (χ2n) is 4.76. The van der Waals surface area contributed by atoms with Gasteiger partial charge < -0.3 is 5.32 Å². The van der Waals surface area contributed by atoms with Gasteiger partial charge in [0.15, 0.2) is 0 Å². The van der Waals surface area contributed by atoms with E-state index in [1.807, 2.05) is 32.0 Å². The van der Waals surface area contributed by atoms with Crippen LogP contribution in [0, 0.1) is 13.8 Å². The molecule has 0 amide bonds. The Hall–Kier alpha value is -2.01. The van der Waals surface area contributed by atoms with Crippen LogP contribution in [0.25, 0.3) is 0 Å². The first-order valence-electron chi connectivity index (χ1n) is 6.29. The molecule has 0 radical (unpaired) electrons. The average molecular weight is 290 g/mol. The van der Waals surface area contributed by atoms with Crippen molar-refractivity contribution < 1.29 is 8.42 Å². The molecule has 4 nitrogen and oxygen atoms in total. The molecule has 0 fully saturated rings. The Bertz CT molecular complexity index is 687. The summed E-state index contributed by atoms with van der Waals surface area (Å²) in [6.45, 7) is 3.87. The number of aryl methyl sites for hydroxylation is 2. The third-order valence-electron chi connectivity index (χ3n) is 2.93. The van der Waals surface area contributed by atoms with Gasteiger partial charge in [0.1, 0.15) is 0 Å². The monoisotopic (exact) mass is 290 g/mol. The van der Waals surface area contributed by atoms with E-state index in [1.165, 1.54) is 0 Å². The van der Waals surface area contributed by atoms with Crippen molar-refractivity contribution in [3.05, 3.63) is 53.6 Å². The van der Waals surface area contributed by atoms with Gasteiger partial charge in [-0.25, -0.2) is 8.42 Å². The minimum absolute atomic E-state index is 0.246. The fourth-order valence-electron chi connectivity index (χ4n) is 2.05. The molecule has 0 bridgehead atoms. The summed E-state index contributed by atoms with van der Waals surface area (Å²) in [5, 5.41) is 2.96. The summed E-state index contributed by atoms with van der Waals surface area (Å²) >= 11 is 0. The van der Waals surface area contributed by atoms with E-state index >= 15 is 0 Å². The Morgan fingerprint density at radius 3 is 1.90 bits per heavy atom. The van der Waals surface area contributed by atoms with Gasteiger partial charge in [0.05, 0.1) is 4.90 Å². The van der Waals surface area contributed by atoms with Crippen molar-refractivity contribution >= 4 is 21.4 Å². The molecule has 2 aromatic rings. The van der Waals surface area contributed by atoms with Crippen molar-refractivity contribution in [2.75, 3.05) is 17.1 Å². The van der Waals surface area contributed by atoms with Crippen LogP contribution in [-0.4, -0.2) is 15.5 Å². The first kappa shape index (κ1) is 14.4. The highest BCUT2D eigenvalue weighted by molar-refractivity contribution is 7.92. The van der Waals surface area contributed by atoms with E-state index in [-0.39, 0.29) is 4.90 Å². The zero-order chi connectivity index (χ0) is 14.8. The van der Waals surface area contributed by atoms with Crippen molar-refractivity contribution in [2.45, 2.75) is 18.7 Å². The standard InChI is InChI=1S/C15H18N2O2S/c1-11-8-12(2)10-14(9-11)17-20(18,19)15-6-4-13(16-3)5-7-15/h4-10,16-17H,1-3H3. The predicted molar refractivity (Wildman–Crippen MR) is 82.7 cm³/mol. The molecule has 2 N–H and O–H groups in total.